The second-order valence-electron chi connectivity index (χ2n) is 9.71. The van der Waals surface area contributed by atoms with E-state index in [0.717, 1.165) is 37.4 Å². The number of nitrogens with zero attached hydrogens (tertiary/aromatic N) is 5. The lowest BCUT2D eigenvalue weighted by Crippen LogP contribution is -2.66. The first kappa shape index (κ1) is 41.0. The molecule has 266 valence electrons. The van der Waals surface area contributed by atoms with Crippen molar-refractivity contribution in [2.75, 3.05) is 31.1 Å². The van der Waals surface area contributed by atoms with Crippen LogP contribution >= 0.6 is 0 Å². The van der Waals surface area contributed by atoms with Crippen LogP contribution in [0.1, 0.15) is 19.0 Å². The molecule has 1 unspecified atom stereocenters. The number of carboxylic acid groups (broad SMARTS) is 3. The van der Waals surface area contributed by atoms with E-state index in [9.17, 15) is 49.1 Å². The fourth-order valence-corrected chi connectivity index (χ4v) is 4.20. The lowest BCUT2D eigenvalue weighted by Gasteiger charge is -2.48. The lowest BCUT2D eigenvalue weighted by atomic mass is 9.92. The summed E-state index contributed by atoms with van der Waals surface area (Å²) in [6.45, 7) is 4.51. The Morgan fingerprint density at radius 2 is 1.33 bits per heavy atom. The van der Waals surface area contributed by atoms with Crippen LogP contribution in [0.4, 0.5) is 45.2 Å². The standard InChI is InChI=1S/C20H23N5O2.3C2HF3O2/c1-16(26)25-13-19(27)24(18-6-4-8-21-11-18)15-20(25)7-10-23(14-20)12-17-5-2-3-9-22-17;3*3-2(4,5)1(6)7/h2-6,8-9,11H,7,10,12-15H2,1H3;3*(H,6,7). The molecular weight excluding hydrogens is 681 g/mol. The van der Waals surface area contributed by atoms with Gasteiger partial charge in [0.2, 0.25) is 11.8 Å². The molecular formula is C26H26F9N5O8. The fraction of sp³-hybridized carbons (Fsp3) is 0.423. The van der Waals surface area contributed by atoms with Crippen molar-refractivity contribution >= 4 is 35.4 Å². The van der Waals surface area contributed by atoms with E-state index in [0.29, 0.717) is 6.54 Å². The molecule has 2 aliphatic heterocycles. The molecule has 0 saturated carbocycles. The van der Waals surface area contributed by atoms with Gasteiger partial charge in [0.25, 0.3) is 0 Å². The number of hydrogen-bond acceptors (Lipinski definition) is 8. The molecule has 4 heterocycles. The molecule has 1 atom stereocenters. The number of pyridine rings is 2. The summed E-state index contributed by atoms with van der Waals surface area (Å²) in [6, 6.07) is 9.63. The van der Waals surface area contributed by atoms with Gasteiger partial charge < -0.3 is 25.1 Å². The maximum absolute atomic E-state index is 12.7. The molecule has 2 aromatic rings. The third kappa shape index (κ3) is 13.0. The van der Waals surface area contributed by atoms with Crippen LogP contribution in [0.15, 0.2) is 48.9 Å². The normalized spacial score (nSPS) is 18.0. The van der Waals surface area contributed by atoms with Crippen molar-refractivity contribution in [3.63, 3.8) is 0 Å². The summed E-state index contributed by atoms with van der Waals surface area (Å²) in [5.74, 6) is -8.38. The summed E-state index contributed by atoms with van der Waals surface area (Å²) >= 11 is 0. The lowest BCUT2D eigenvalue weighted by molar-refractivity contribution is -0.193. The quantitative estimate of drug-likeness (QED) is 0.399. The zero-order valence-electron chi connectivity index (χ0n) is 24.4. The molecule has 48 heavy (non-hydrogen) atoms. The summed E-state index contributed by atoms with van der Waals surface area (Å²) < 4.78 is 95.2. The highest BCUT2D eigenvalue weighted by Crippen LogP contribution is 2.35. The van der Waals surface area contributed by atoms with Gasteiger partial charge in [-0.2, -0.15) is 39.5 Å². The van der Waals surface area contributed by atoms with E-state index in [4.69, 9.17) is 29.7 Å². The average Bonchev–Trinajstić information content (AvgIpc) is 3.36. The molecule has 22 heteroatoms. The van der Waals surface area contributed by atoms with E-state index >= 15 is 0 Å². The Balaban J connectivity index is 0.000000448. The number of hydrogen-bond donors (Lipinski definition) is 3. The Bertz CT molecular complexity index is 1350. The van der Waals surface area contributed by atoms with E-state index in [-0.39, 0.29) is 23.9 Å². The Labute approximate surface area is 264 Å². The van der Waals surface area contributed by atoms with Crippen LogP contribution in [-0.4, -0.2) is 115 Å². The van der Waals surface area contributed by atoms with Gasteiger partial charge in [0.1, 0.15) is 6.54 Å². The molecule has 4 rings (SSSR count). The van der Waals surface area contributed by atoms with E-state index in [2.05, 4.69) is 14.9 Å². The minimum atomic E-state index is -5.08. The number of carbonyl (C=O) groups excluding carboxylic acids is 2. The molecule has 2 saturated heterocycles. The summed E-state index contributed by atoms with van der Waals surface area (Å²) in [7, 11) is 0. The van der Waals surface area contributed by atoms with Gasteiger partial charge in [0.05, 0.1) is 29.7 Å². The summed E-state index contributed by atoms with van der Waals surface area (Å²) in [5, 5.41) is 21.4. The van der Waals surface area contributed by atoms with Crippen molar-refractivity contribution in [2.24, 2.45) is 0 Å². The summed E-state index contributed by atoms with van der Waals surface area (Å²) in [5.41, 5.74) is 1.43. The number of piperazine rings is 1. The second kappa shape index (κ2) is 16.7. The van der Waals surface area contributed by atoms with Crippen LogP contribution in [0.25, 0.3) is 0 Å². The highest BCUT2D eigenvalue weighted by atomic mass is 19.4. The van der Waals surface area contributed by atoms with Gasteiger partial charge in [0.15, 0.2) is 0 Å². The van der Waals surface area contributed by atoms with Crippen molar-refractivity contribution in [1.29, 1.82) is 0 Å². The van der Waals surface area contributed by atoms with E-state index in [1.54, 1.807) is 35.3 Å². The molecule has 2 aliphatic rings. The number of aromatic nitrogens is 2. The zero-order chi connectivity index (χ0) is 37.1. The number of aliphatic carboxylic acids is 3. The first-order valence-electron chi connectivity index (χ1n) is 12.9. The van der Waals surface area contributed by atoms with Crippen molar-refractivity contribution in [1.82, 2.24) is 19.8 Å². The Hall–Kier alpha value is -5.02. The number of halogens is 9. The fourth-order valence-electron chi connectivity index (χ4n) is 4.20. The van der Waals surface area contributed by atoms with E-state index < -0.39 is 36.4 Å². The highest BCUT2D eigenvalue weighted by molar-refractivity contribution is 5.98. The number of carboxylic acids is 3. The number of anilines is 1. The summed E-state index contributed by atoms with van der Waals surface area (Å²) in [6.07, 6.45) is -9.22. The molecule has 0 aliphatic carbocycles. The smallest absolute Gasteiger partial charge is 0.475 e. The number of carbonyl (C=O) groups is 5. The molecule has 1 spiro atoms. The van der Waals surface area contributed by atoms with Crippen LogP contribution in [0.3, 0.4) is 0 Å². The van der Waals surface area contributed by atoms with Crippen LogP contribution in [-0.2, 0) is 30.5 Å². The van der Waals surface area contributed by atoms with Crippen LogP contribution in [0.5, 0.6) is 0 Å². The van der Waals surface area contributed by atoms with Crippen molar-refractivity contribution in [3.05, 3.63) is 54.6 Å². The molecule has 3 N–H and O–H groups in total. The summed E-state index contributed by atoms with van der Waals surface area (Å²) in [4.78, 5) is 66.1. The van der Waals surface area contributed by atoms with Crippen LogP contribution < -0.4 is 4.90 Å². The number of amides is 2. The Kier molecular flexibility index (Phi) is 14.3. The second-order valence-corrected chi connectivity index (χ2v) is 9.71. The minimum Gasteiger partial charge on any atom is -0.475 e. The van der Waals surface area contributed by atoms with Crippen LogP contribution in [0.2, 0.25) is 0 Å². The van der Waals surface area contributed by atoms with Gasteiger partial charge in [-0.1, -0.05) is 6.07 Å². The molecule has 13 nitrogen and oxygen atoms in total. The Morgan fingerprint density at radius 3 is 1.73 bits per heavy atom. The van der Waals surface area contributed by atoms with Gasteiger partial charge in [-0.25, -0.2) is 14.4 Å². The van der Waals surface area contributed by atoms with Gasteiger partial charge in [-0.3, -0.25) is 24.5 Å². The number of likely N-dealkylation sites (tertiary alicyclic amines) is 1. The minimum absolute atomic E-state index is 0.0473. The van der Waals surface area contributed by atoms with Gasteiger partial charge >= 0.3 is 36.4 Å². The predicted molar refractivity (Wildman–Crippen MR) is 142 cm³/mol. The number of alkyl halides is 9. The van der Waals surface area contributed by atoms with Crippen molar-refractivity contribution < 1.29 is 78.8 Å². The van der Waals surface area contributed by atoms with Gasteiger partial charge in [-0.15, -0.1) is 0 Å². The molecule has 0 radical (unpaired) electrons. The molecule has 2 aromatic heterocycles. The maximum atomic E-state index is 12.7. The van der Waals surface area contributed by atoms with Crippen LogP contribution in [0, 0.1) is 0 Å². The third-order valence-corrected chi connectivity index (χ3v) is 6.21. The molecule has 2 fully saturated rings. The van der Waals surface area contributed by atoms with Crippen molar-refractivity contribution in [2.45, 2.75) is 44.0 Å². The van der Waals surface area contributed by atoms with Gasteiger partial charge in [-0.05, 0) is 30.7 Å². The first-order chi connectivity index (χ1) is 21.9. The van der Waals surface area contributed by atoms with Crippen molar-refractivity contribution in [3.8, 4) is 0 Å². The number of rotatable bonds is 3. The topological polar surface area (TPSA) is 182 Å². The molecule has 0 aromatic carbocycles. The van der Waals surface area contributed by atoms with E-state index in [1.165, 1.54) is 0 Å². The highest BCUT2D eigenvalue weighted by Gasteiger charge is 2.50. The Morgan fingerprint density at radius 1 is 0.812 bits per heavy atom. The third-order valence-electron chi connectivity index (χ3n) is 6.21. The van der Waals surface area contributed by atoms with Gasteiger partial charge in [0, 0.05) is 39.0 Å². The molecule has 0 bridgehead atoms. The average molecular weight is 708 g/mol. The SMILES string of the molecule is CC(=O)N1CC(=O)N(c2cccnc2)CC12CCN(Cc1ccccn1)C2.O=C(O)C(F)(F)F.O=C(O)C(F)(F)F.O=C(O)C(F)(F)F. The molecule has 2 amide bonds. The van der Waals surface area contributed by atoms with E-state index in [1.807, 2.05) is 30.3 Å². The maximum Gasteiger partial charge on any atom is 0.490 e. The zero-order valence-corrected chi connectivity index (χ0v) is 24.4. The first-order valence-corrected chi connectivity index (χ1v) is 12.9. The predicted octanol–water partition coefficient (Wildman–Crippen LogP) is 3.22. The largest absolute Gasteiger partial charge is 0.490 e. The monoisotopic (exact) mass is 707 g/mol.